The van der Waals surface area contributed by atoms with E-state index in [9.17, 15) is 8.76 Å². The quantitative estimate of drug-likeness (QED) is 0.650. The summed E-state index contributed by atoms with van der Waals surface area (Å²) in [5, 5.41) is 0. The van der Waals surface area contributed by atoms with E-state index in [1.54, 1.807) is 4.31 Å². The molecule has 0 aromatic carbocycles. The molecular weight excluding hydrogens is 222 g/mol. The van der Waals surface area contributed by atoms with Crippen LogP contribution in [-0.4, -0.2) is 25.2 Å². The van der Waals surface area contributed by atoms with E-state index in [4.69, 9.17) is 0 Å². The first kappa shape index (κ1) is 16.1. The average Bonchev–Trinajstić information content (AvgIpc) is 1.98. The topological polar surface area (TPSA) is 43.4 Å². The first-order valence-electron chi connectivity index (χ1n) is 6.13. The number of hydrogen-bond donors (Lipinski definition) is 0. The second-order valence-corrected chi connectivity index (χ2v) is 6.39. The SMILES string of the molecule is CC(C)CC(C)N(C(C)CC(C)C)S(=O)[O-]. The Morgan fingerprint density at radius 3 is 1.44 bits per heavy atom. The van der Waals surface area contributed by atoms with Crippen LogP contribution >= 0.6 is 0 Å². The van der Waals surface area contributed by atoms with Crippen LogP contribution in [0.25, 0.3) is 0 Å². The zero-order valence-electron chi connectivity index (χ0n) is 11.4. The van der Waals surface area contributed by atoms with Gasteiger partial charge in [-0.2, -0.15) is 0 Å². The van der Waals surface area contributed by atoms with E-state index in [0.717, 1.165) is 12.8 Å². The molecule has 0 aliphatic carbocycles. The highest BCUT2D eigenvalue weighted by Gasteiger charge is 2.22. The van der Waals surface area contributed by atoms with Gasteiger partial charge in [0, 0.05) is 23.4 Å². The maximum Gasteiger partial charge on any atom is 0.0214 e. The molecule has 0 aliphatic rings. The Hall–Kier alpha value is 0.0700. The van der Waals surface area contributed by atoms with Crippen molar-refractivity contribution in [1.29, 1.82) is 0 Å². The maximum atomic E-state index is 11.3. The molecule has 16 heavy (non-hydrogen) atoms. The molecule has 0 spiro atoms. The van der Waals surface area contributed by atoms with Crippen molar-refractivity contribution in [2.45, 2.75) is 66.5 Å². The molecule has 0 rings (SSSR count). The van der Waals surface area contributed by atoms with Crippen LogP contribution in [0.4, 0.5) is 0 Å². The van der Waals surface area contributed by atoms with Crippen molar-refractivity contribution in [1.82, 2.24) is 4.31 Å². The fourth-order valence-electron chi connectivity index (χ4n) is 2.30. The van der Waals surface area contributed by atoms with Crippen molar-refractivity contribution < 1.29 is 8.76 Å². The molecule has 0 aromatic heterocycles. The Balaban J connectivity index is 4.53. The van der Waals surface area contributed by atoms with Crippen LogP contribution in [0.2, 0.25) is 0 Å². The smallest absolute Gasteiger partial charge is 0.0214 e. The van der Waals surface area contributed by atoms with E-state index in [2.05, 4.69) is 27.7 Å². The van der Waals surface area contributed by atoms with E-state index >= 15 is 0 Å². The standard InChI is InChI=1S/C12H27NO2S/c1-9(2)7-11(5)13(16(14)15)12(6)8-10(3)4/h9-12H,7-8H2,1-6H3,(H,14,15)/p-1. The van der Waals surface area contributed by atoms with Gasteiger partial charge >= 0.3 is 0 Å². The first-order valence-corrected chi connectivity index (χ1v) is 7.16. The molecule has 3 atom stereocenters. The predicted molar refractivity (Wildman–Crippen MR) is 68.6 cm³/mol. The molecule has 0 heterocycles. The van der Waals surface area contributed by atoms with Crippen LogP contribution in [0.5, 0.6) is 0 Å². The van der Waals surface area contributed by atoms with Gasteiger partial charge in [0.05, 0.1) is 0 Å². The lowest BCUT2D eigenvalue weighted by Crippen LogP contribution is -2.42. The summed E-state index contributed by atoms with van der Waals surface area (Å²) >= 11 is -2.11. The van der Waals surface area contributed by atoms with Crippen molar-refractivity contribution in [2.75, 3.05) is 0 Å². The van der Waals surface area contributed by atoms with Crippen LogP contribution in [0.1, 0.15) is 54.4 Å². The largest absolute Gasteiger partial charge is 0.760 e. The molecule has 0 saturated carbocycles. The lowest BCUT2D eigenvalue weighted by Gasteiger charge is -2.37. The zero-order valence-corrected chi connectivity index (χ0v) is 12.2. The van der Waals surface area contributed by atoms with Gasteiger partial charge in [0.2, 0.25) is 0 Å². The fourth-order valence-corrected chi connectivity index (χ4v) is 3.06. The monoisotopic (exact) mass is 248 g/mol. The van der Waals surface area contributed by atoms with Gasteiger partial charge < -0.3 is 4.55 Å². The second kappa shape index (κ2) is 7.41. The molecule has 0 radical (unpaired) electrons. The van der Waals surface area contributed by atoms with Crippen LogP contribution in [-0.2, 0) is 11.3 Å². The molecule has 3 nitrogen and oxygen atoms in total. The highest BCUT2D eigenvalue weighted by Crippen LogP contribution is 2.19. The maximum absolute atomic E-state index is 11.3. The number of rotatable bonds is 7. The Bertz CT molecular complexity index is 203. The molecule has 0 amide bonds. The highest BCUT2D eigenvalue weighted by molar-refractivity contribution is 7.76. The van der Waals surface area contributed by atoms with Gasteiger partial charge in [-0.15, -0.1) is 0 Å². The van der Waals surface area contributed by atoms with Gasteiger partial charge in [-0.05, 0) is 38.5 Å². The third-order valence-electron chi connectivity index (χ3n) is 2.67. The third-order valence-corrected chi connectivity index (χ3v) is 3.73. The minimum Gasteiger partial charge on any atom is -0.760 e. The molecule has 0 N–H and O–H groups in total. The van der Waals surface area contributed by atoms with Crippen molar-refractivity contribution in [3.8, 4) is 0 Å². The molecule has 0 fully saturated rings. The predicted octanol–water partition coefficient (Wildman–Crippen LogP) is 2.95. The van der Waals surface area contributed by atoms with Crippen LogP contribution in [0.15, 0.2) is 0 Å². The molecule has 3 unspecified atom stereocenters. The molecular formula is C12H26NO2S-. The summed E-state index contributed by atoms with van der Waals surface area (Å²) < 4.78 is 24.2. The lowest BCUT2D eigenvalue weighted by molar-refractivity contribution is 0.218. The van der Waals surface area contributed by atoms with Crippen molar-refractivity contribution >= 4 is 11.3 Å². The van der Waals surface area contributed by atoms with Gasteiger partial charge in [0.1, 0.15) is 0 Å². The summed E-state index contributed by atoms with van der Waals surface area (Å²) in [5.41, 5.74) is 0. The molecule has 4 heteroatoms. The number of hydrogen-bond acceptors (Lipinski definition) is 2. The van der Waals surface area contributed by atoms with Crippen molar-refractivity contribution in [2.24, 2.45) is 11.8 Å². The van der Waals surface area contributed by atoms with Crippen LogP contribution in [0, 0.1) is 11.8 Å². The second-order valence-electron chi connectivity index (χ2n) is 5.53. The van der Waals surface area contributed by atoms with Crippen molar-refractivity contribution in [3.63, 3.8) is 0 Å². The molecule has 98 valence electrons. The summed E-state index contributed by atoms with van der Waals surface area (Å²) in [4.78, 5) is 0. The van der Waals surface area contributed by atoms with E-state index < -0.39 is 11.3 Å². The first-order chi connectivity index (χ1) is 7.25. The average molecular weight is 248 g/mol. The van der Waals surface area contributed by atoms with Crippen LogP contribution in [0.3, 0.4) is 0 Å². The van der Waals surface area contributed by atoms with Crippen molar-refractivity contribution in [3.05, 3.63) is 0 Å². The van der Waals surface area contributed by atoms with E-state index in [0.29, 0.717) is 11.8 Å². The zero-order chi connectivity index (χ0) is 12.9. The summed E-state index contributed by atoms with van der Waals surface area (Å²) in [6.07, 6.45) is 1.83. The van der Waals surface area contributed by atoms with E-state index in [-0.39, 0.29) is 12.1 Å². The summed E-state index contributed by atoms with van der Waals surface area (Å²) in [7, 11) is 0. The van der Waals surface area contributed by atoms with Gasteiger partial charge in [-0.3, -0.25) is 4.21 Å². The van der Waals surface area contributed by atoms with Gasteiger partial charge in [0.25, 0.3) is 0 Å². The van der Waals surface area contributed by atoms with Crippen LogP contribution < -0.4 is 0 Å². The molecule has 0 saturated heterocycles. The summed E-state index contributed by atoms with van der Waals surface area (Å²) in [5.74, 6) is 1.04. The Kier molecular flexibility index (Phi) is 7.44. The number of nitrogens with zero attached hydrogens (tertiary/aromatic N) is 1. The van der Waals surface area contributed by atoms with Gasteiger partial charge in [0.15, 0.2) is 0 Å². The molecule has 0 bridgehead atoms. The Morgan fingerprint density at radius 2 is 1.25 bits per heavy atom. The minimum atomic E-state index is -2.11. The highest BCUT2D eigenvalue weighted by atomic mass is 32.2. The molecule has 0 aliphatic heterocycles. The Labute approximate surface area is 103 Å². The normalized spacial score (nSPS) is 18.1. The lowest BCUT2D eigenvalue weighted by atomic mass is 10.0. The van der Waals surface area contributed by atoms with Gasteiger partial charge in [-0.25, -0.2) is 4.31 Å². The van der Waals surface area contributed by atoms with E-state index in [1.165, 1.54) is 0 Å². The minimum absolute atomic E-state index is 0.0899. The molecule has 0 aromatic rings. The fraction of sp³-hybridized carbons (Fsp3) is 1.00. The summed E-state index contributed by atoms with van der Waals surface area (Å²) in [6, 6.07) is 0.180. The van der Waals surface area contributed by atoms with E-state index in [1.807, 2.05) is 13.8 Å². The Morgan fingerprint density at radius 1 is 0.938 bits per heavy atom. The summed E-state index contributed by atoms with van der Waals surface area (Å²) in [6.45, 7) is 12.5. The van der Waals surface area contributed by atoms with Gasteiger partial charge in [-0.1, -0.05) is 27.7 Å². The third kappa shape index (κ3) is 5.97.